The highest BCUT2D eigenvalue weighted by Crippen LogP contribution is 2.29. The summed E-state index contributed by atoms with van der Waals surface area (Å²) >= 11 is 1.08. The summed E-state index contributed by atoms with van der Waals surface area (Å²) in [5.41, 5.74) is -0.224. The Morgan fingerprint density at radius 1 is 1.26 bits per heavy atom. The van der Waals surface area contributed by atoms with Gasteiger partial charge in [-0.1, -0.05) is 0 Å². The monoisotopic (exact) mass is 450 g/mol. The van der Waals surface area contributed by atoms with Crippen molar-refractivity contribution >= 4 is 39.1 Å². The number of fused-ring (bicyclic) bond motifs is 2. The highest BCUT2D eigenvalue weighted by Gasteiger charge is 2.26. The van der Waals surface area contributed by atoms with Gasteiger partial charge in [-0.05, 0) is 31.0 Å². The zero-order valence-electron chi connectivity index (χ0n) is 16.6. The average molecular weight is 450 g/mol. The third-order valence-corrected chi connectivity index (χ3v) is 6.32. The molecule has 1 aliphatic heterocycles. The van der Waals surface area contributed by atoms with Crippen molar-refractivity contribution in [2.24, 2.45) is 0 Å². The van der Waals surface area contributed by atoms with Crippen molar-refractivity contribution in [3.05, 3.63) is 56.2 Å². The summed E-state index contributed by atoms with van der Waals surface area (Å²) in [4.78, 5) is 44.2. The molecule has 0 saturated carbocycles. The van der Waals surface area contributed by atoms with E-state index in [1.165, 1.54) is 7.05 Å². The Balaban J connectivity index is 1.55. The second-order valence-corrected chi connectivity index (χ2v) is 8.26. The van der Waals surface area contributed by atoms with Crippen LogP contribution in [0.25, 0.3) is 10.2 Å². The second kappa shape index (κ2) is 7.80. The summed E-state index contributed by atoms with van der Waals surface area (Å²) < 4.78 is 41.7. The largest absolute Gasteiger partial charge is 0.332 e. The van der Waals surface area contributed by atoms with Crippen LogP contribution in [0.5, 0.6) is 0 Å². The van der Waals surface area contributed by atoms with Crippen molar-refractivity contribution in [1.82, 2.24) is 14.5 Å². The first kappa shape index (κ1) is 21.0. The first-order valence-electron chi connectivity index (χ1n) is 9.40. The number of amides is 2. The molecule has 1 aromatic carbocycles. The molecule has 31 heavy (non-hydrogen) atoms. The lowest BCUT2D eigenvalue weighted by Crippen LogP contribution is -2.35. The maximum Gasteiger partial charge on any atom is 0.264 e. The third-order valence-electron chi connectivity index (χ3n) is 5.14. The fourth-order valence-electron chi connectivity index (χ4n) is 3.55. The number of aryl methyl sites for hydroxylation is 2. The van der Waals surface area contributed by atoms with Crippen LogP contribution in [-0.2, 0) is 17.8 Å². The number of hydrogen-bond donors (Lipinski definition) is 1. The van der Waals surface area contributed by atoms with Gasteiger partial charge in [-0.3, -0.25) is 19.0 Å². The molecule has 162 valence electrons. The molecule has 7 nitrogen and oxygen atoms in total. The number of nitrogens with one attached hydrogen (secondary N) is 1. The molecule has 0 aliphatic carbocycles. The lowest BCUT2D eigenvalue weighted by Gasteiger charge is -2.16. The molecule has 1 aliphatic rings. The minimum Gasteiger partial charge on any atom is -0.332 e. The second-order valence-electron chi connectivity index (χ2n) is 7.26. The predicted octanol–water partition coefficient (Wildman–Crippen LogP) is 2.84. The van der Waals surface area contributed by atoms with E-state index in [1.54, 1.807) is 11.5 Å². The Kier molecular flexibility index (Phi) is 5.29. The Morgan fingerprint density at radius 3 is 2.74 bits per heavy atom. The van der Waals surface area contributed by atoms with Gasteiger partial charge in [0.2, 0.25) is 5.91 Å². The highest BCUT2D eigenvalue weighted by molar-refractivity contribution is 7.20. The van der Waals surface area contributed by atoms with Gasteiger partial charge in [-0.2, -0.15) is 0 Å². The summed E-state index contributed by atoms with van der Waals surface area (Å²) in [5, 5.41) is 2.51. The quantitative estimate of drug-likeness (QED) is 0.620. The lowest BCUT2D eigenvalue weighted by molar-refractivity contribution is -0.116. The van der Waals surface area contributed by atoms with Crippen LogP contribution in [0.2, 0.25) is 0 Å². The fourth-order valence-corrected chi connectivity index (χ4v) is 4.74. The molecule has 2 aromatic heterocycles. The van der Waals surface area contributed by atoms with Crippen LogP contribution in [0.4, 0.5) is 18.9 Å². The maximum atomic E-state index is 13.7. The molecular weight excluding hydrogens is 433 g/mol. The summed E-state index contributed by atoms with van der Waals surface area (Å²) in [6.07, 6.45) is 1.55. The van der Waals surface area contributed by atoms with Crippen LogP contribution >= 0.6 is 11.3 Å². The molecule has 2 amide bonds. The van der Waals surface area contributed by atoms with Crippen molar-refractivity contribution < 1.29 is 22.8 Å². The molecule has 0 bridgehead atoms. The molecule has 0 saturated heterocycles. The van der Waals surface area contributed by atoms with Crippen LogP contribution in [0.15, 0.2) is 16.9 Å². The number of hydrogen-bond acceptors (Lipinski definition) is 5. The van der Waals surface area contributed by atoms with E-state index in [-0.39, 0.29) is 10.4 Å². The first-order valence-corrected chi connectivity index (χ1v) is 10.2. The molecule has 0 radical (unpaired) electrons. The highest BCUT2D eigenvalue weighted by atomic mass is 32.1. The molecular formula is C20H17F3N4O3S. The van der Waals surface area contributed by atoms with Crippen LogP contribution in [0.3, 0.4) is 0 Å². The van der Waals surface area contributed by atoms with Gasteiger partial charge in [-0.25, -0.2) is 18.2 Å². The number of rotatable bonds is 4. The van der Waals surface area contributed by atoms with E-state index in [4.69, 9.17) is 0 Å². The van der Waals surface area contributed by atoms with E-state index in [1.807, 2.05) is 0 Å². The van der Waals surface area contributed by atoms with Crippen LogP contribution < -0.4 is 10.9 Å². The Bertz CT molecular complexity index is 1300. The average Bonchev–Trinajstić information content (AvgIpc) is 3.33. The number of carbonyl (C=O) groups excluding carboxylic acids is 2. The summed E-state index contributed by atoms with van der Waals surface area (Å²) in [6.45, 7) is 1.78. The normalized spacial score (nSPS) is 12.8. The van der Waals surface area contributed by atoms with E-state index in [9.17, 15) is 27.6 Å². The summed E-state index contributed by atoms with van der Waals surface area (Å²) in [6, 6.07) is 1.58. The number of benzene rings is 1. The van der Waals surface area contributed by atoms with Gasteiger partial charge in [-0.15, -0.1) is 11.3 Å². The van der Waals surface area contributed by atoms with Crippen LogP contribution in [-0.4, -0.2) is 39.9 Å². The van der Waals surface area contributed by atoms with Gasteiger partial charge >= 0.3 is 0 Å². The summed E-state index contributed by atoms with van der Waals surface area (Å²) in [5.74, 6) is -5.21. The molecule has 3 aromatic rings. The van der Waals surface area contributed by atoms with Crippen molar-refractivity contribution in [3.8, 4) is 0 Å². The molecule has 3 heterocycles. The lowest BCUT2D eigenvalue weighted by atomic mass is 10.2. The van der Waals surface area contributed by atoms with E-state index >= 15 is 0 Å². The predicted molar refractivity (Wildman–Crippen MR) is 109 cm³/mol. The topological polar surface area (TPSA) is 84.3 Å². The van der Waals surface area contributed by atoms with Crippen molar-refractivity contribution in [2.45, 2.75) is 26.3 Å². The first-order chi connectivity index (χ1) is 14.7. The molecule has 0 spiro atoms. The fraction of sp³-hybridized carbons (Fsp3) is 0.300. The number of aromatic nitrogens is 2. The van der Waals surface area contributed by atoms with E-state index < -0.39 is 41.5 Å². The minimum absolute atomic E-state index is 0.181. The van der Waals surface area contributed by atoms with Crippen LogP contribution in [0.1, 0.15) is 27.5 Å². The Hall–Kier alpha value is -3.21. The SMILES string of the molecule is Cc1c(C(=O)N(C)CC(=O)Nc2ccc(F)c(F)c2F)sc2nc3n(c(=O)c12)CCC3. The van der Waals surface area contributed by atoms with Gasteiger partial charge in [0, 0.05) is 20.0 Å². The van der Waals surface area contributed by atoms with Crippen molar-refractivity contribution in [3.63, 3.8) is 0 Å². The molecule has 11 heteroatoms. The van der Waals surface area contributed by atoms with E-state index in [0.29, 0.717) is 40.6 Å². The molecule has 0 unspecified atom stereocenters. The van der Waals surface area contributed by atoms with Crippen molar-refractivity contribution in [1.29, 1.82) is 0 Å². The smallest absolute Gasteiger partial charge is 0.264 e. The van der Waals surface area contributed by atoms with Gasteiger partial charge < -0.3 is 10.2 Å². The van der Waals surface area contributed by atoms with Crippen molar-refractivity contribution in [2.75, 3.05) is 18.9 Å². The van der Waals surface area contributed by atoms with Crippen LogP contribution in [0, 0.1) is 24.4 Å². The van der Waals surface area contributed by atoms with Gasteiger partial charge in [0.25, 0.3) is 11.5 Å². The number of carbonyl (C=O) groups is 2. The third kappa shape index (κ3) is 3.58. The number of thiophene rings is 1. The van der Waals surface area contributed by atoms with E-state index in [2.05, 4.69) is 10.3 Å². The Morgan fingerprint density at radius 2 is 2.00 bits per heavy atom. The zero-order valence-corrected chi connectivity index (χ0v) is 17.4. The van der Waals surface area contributed by atoms with E-state index in [0.717, 1.165) is 28.7 Å². The number of halogens is 3. The number of anilines is 1. The Labute approximate surface area is 178 Å². The minimum atomic E-state index is -1.70. The molecule has 4 rings (SSSR count). The number of likely N-dealkylation sites (N-methyl/N-ethyl adjacent to an activating group) is 1. The molecule has 0 fully saturated rings. The van der Waals surface area contributed by atoms with Gasteiger partial charge in [0.05, 0.1) is 22.5 Å². The molecule has 1 N–H and O–H groups in total. The summed E-state index contributed by atoms with van der Waals surface area (Å²) in [7, 11) is 1.37. The standard InChI is InChI=1S/C20H17F3N4O3S/c1-9-14-18(25-12-4-3-7-27(12)19(14)29)31-17(9)20(30)26(2)8-13(28)24-11-6-5-10(21)15(22)16(11)23/h5-6H,3-4,7-8H2,1-2H3,(H,24,28). The molecule has 0 atom stereocenters. The number of nitrogens with zero attached hydrogens (tertiary/aromatic N) is 3. The van der Waals surface area contributed by atoms with Gasteiger partial charge in [0.15, 0.2) is 17.5 Å². The van der Waals surface area contributed by atoms with Gasteiger partial charge in [0.1, 0.15) is 10.7 Å². The maximum absolute atomic E-state index is 13.7. The zero-order chi connectivity index (χ0) is 22.4.